The van der Waals surface area contributed by atoms with Gasteiger partial charge in [-0.25, -0.2) is 0 Å². The Morgan fingerprint density at radius 3 is 1.88 bits per heavy atom. The highest BCUT2D eigenvalue weighted by Crippen LogP contribution is 2.14. The normalized spacial score (nSPS) is 11.1. The van der Waals surface area contributed by atoms with Crippen molar-refractivity contribution in [1.29, 1.82) is 0 Å². The average Bonchev–Trinajstić information content (AvgIpc) is 2.64. The van der Waals surface area contributed by atoms with E-state index in [0.717, 1.165) is 28.0 Å². The van der Waals surface area contributed by atoms with Crippen LogP contribution in [0.3, 0.4) is 0 Å². The van der Waals surface area contributed by atoms with E-state index in [4.69, 9.17) is 9.47 Å². The van der Waals surface area contributed by atoms with Crippen molar-refractivity contribution in [1.82, 2.24) is 0 Å². The largest absolute Gasteiger partial charge is 0.497 e. The number of methoxy groups -OCH3 is 1. The lowest BCUT2D eigenvalue weighted by Crippen LogP contribution is -1.97. The van der Waals surface area contributed by atoms with E-state index in [0.29, 0.717) is 6.61 Å². The quantitative estimate of drug-likeness (QED) is 0.484. The van der Waals surface area contributed by atoms with Gasteiger partial charge < -0.3 is 9.47 Å². The molecular weight excluding hydrogens is 368 g/mol. The van der Waals surface area contributed by atoms with Gasteiger partial charge in [0.25, 0.3) is 0 Å². The van der Waals surface area contributed by atoms with Crippen LogP contribution in [-0.2, 0) is 4.79 Å². The summed E-state index contributed by atoms with van der Waals surface area (Å²) in [7, 11) is 1.62. The lowest BCUT2D eigenvalue weighted by atomic mass is 10.1. The maximum atomic E-state index is 11.9. The first-order chi connectivity index (χ1) is 11.7. The zero-order valence-corrected chi connectivity index (χ0v) is 15.0. The Hall–Kier alpha value is -2.33. The molecular formula is C20H19BrO3. The Morgan fingerprint density at radius 2 is 1.42 bits per heavy atom. The summed E-state index contributed by atoms with van der Waals surface area (Å²) >= 11 is 3.31. The Morgan fingerprint density at radius 1 is 0.917 bits per heavy atom. The number of hydrogen-bond donors (Lipinski definition) is 0. The van der Waals surface area contributed by atoms with Crippen LogP contribution in [0.5, 0.6) is 11.5 Å². The van der Waals surface area contributed by atoms with E-state index < -0.39 is 0 Å². The predicted molar refractivity (Wildman–Crippen MR) is 102 cm³/mol. The summed E-state index contributed by atoms with van der Waals surface area (Å²) in [6.45, 7) is 0.629. The predicted octanol–water partition coefficient (Wildman–Crippen LogP) is 4.76. The Labute approximate surface area is 150 Å². The van der Waals surface area contributed by atoms with Gasteiger partial charge in [-0.05, 0) is 47.5 Å². The number of benzene rings is 2. The Bertz CT molecular complexity index is 701. The van der Waals surface area contributed by atoms with E-state index in [9.17, 15) is 4.79 Å². The standard InChI is InChI=1S/C20H19BrO3/c1-23-19-10-4-16(5-11-19)2-8-18(22)9-3-17-6-12-20(13-7-17)24-15-14-21/h2-13H,14-15H2,1H3/b8-2+,9-3+. The van der Waals surface area contributed by atoms with Crippen LogP contribution in [-0.4, -0.2) is 24.8 Å². The van der Waals surface area contributed by atoms with Crippen molar-refractivity contribution in [2.75, 3.05) is 19.0 Å². The number of alkyl halides is 1. The second-order valence-electron chi connectivity index (χ2n) is 4.95. The molecule has 0 aliphatic rings. The molecule has 0 amide bonds. The number of allylic oxidation sites excluding steroid dienone is 2. The third-order valence-electron chi connectivity index (χ3n) is 3.22. The molecule has 0 bridgehead atoms. The van der Waals surface area contributed by atoms with Crippen molar-refractivity contribution >= 4 is 33.9 Å². The third-order valence-corrected chi connectivity index (χ3v) is 3.55. The molecule has 2 aromatic carbocycles. The molecule has 3 nitrogen and oxygen atoms in total. The number of halogens is 1. The molecule has 24 heavy (non-hydrogen) atoms. The monoisotopic (exact) mass is 386 g/mol. The van der Waals surface area contributed by atoms with Gasteiger partial charge in [-0.3, -0.25) is 4.79 Å². The molecule has 0 atom stereocenters. The fraction of sp³-hybridized carbons (Fsp3) is 0.150. The van der Waals surface area contributed by atoms with Gasteiger partial charge in [-0.15, -0.1) is 0 Å². The van der Waals surface area contributed by atoms with Crippen molar-refractivity contribution in [2.24, 2.45) is 0 Å². The molecule has 0 heterocycles. The van der Waals surface area contributed by atoms with Gasteiger partial charge in [0.05, 0.1) is 13.7 Å². The number of carbonyl (C=O) groups excluding carboxylic acids is 1. The third kappa shape index (κ3) is 6.05. The van der Waals surface area contributed by atoms with Gasteiger partial charge in [-0.1, -0.05) is 52.3 Å². The summed E-state index contributed by atoms with van der Waals surface area (Å²) in [5.74, 6) is 1.55. The van der Waals surface area contributed by atoms with Crippen molar-refractivity contribution in [3.8, 4) is 11.5 Å². The fourth-order valence-electron chi connectivity index (χ4n) is 1.96. The van der Waals surface area contributed by atoms with Crippen LogP contribution in [0.25, 0.3) is 12.2 Å². The molecule has 0 unspecified atom stereocenters. The Kier molecular flexibility index (Phi) is 7.30. The summed E-state index contributed by atoms with van der Waals surface area (Å²) in [5.41, 5.74) is 1.90. The van der Waals surface area contributed by atoms with Crippen molar-refractivity contribution in [3.05, 3.63) is 71.8 Å². The topological polar surface area (TPSA) is 35.5 Å². The van der Waals surface area contributed by atoms with E-state index in [1.165, 1.54) is 0 Å². The van der Waals surface area contributed by atoms with Gasteiger partial charge in [0, 0.05) is 5.33 Å². The first-order valence-electron chi connectivity index (χ1n) is 7.54. The molecule has 0 aromatic heterocycles. The fourth-order valence-corrected chi connectivity index (χ4v) is 2.12. The lowest BCUT2D eigenvalue weighted by Gasteiger charge is -2.03. The van der Waals surface area contributed by atoms with Gasteiger partial charge in [-0.2, -0.15) is 0 Å². The van der Waals surface area contributed by atoms with Crippen LogP contribution < -0.4 is 9.47 Å². The minimum atomic E-state index is -0.0644. The number of hydrogen-bond acceptors (Lipinski definition) is 3. The minimum Gasteiger partial charge on any atom is -0.497 e. The zero-order chi connectivity index (χ0) is 17.2. The molecule has 124 valence electrons. The van der Waals surface area contributed by atoms with Gasteiger partial charge >= 0.3 is 0 Å². The number of carbonyl (C=O) groups is 1. The summed E-state index contributed by atoms with van der Waals surface area (Å²) in [5, 5.41) is 0.795. The molecule has 0 aliphatic carbocycles. The van der Waals surface area contributed by atoms with Crippen LogP contribution in [0.4, 0.5) is 0 Å². The number of rotatable bonds is 8. The van der Waals surface area contributed by atoms with Crippen molar-refractivity contribution < 1.29 is 14.3 Å². The van der Waals surface area contributed by atoms with E-state index in [1.54, 1.807) is 31.4 Å². The van der Waals surface area contributed by atoms with Gasteiger partial charge in [0.15, 0.2) is 5.78 Å². The summed E-state index contributed by atoms with van der Waals surface area (Å²) in [6, 6.07) is 15.1. The summed E-state index contributed by atoms with van der Waals surface area (Å²) < 4.78 is 10.6. The van der Waals surface area contributed by atoms with Crippen LogP contribution >= 0.6 is 15.9 Å². The zero-order valence-electron chi connectivity index (χ0n) is 13.4. The second kappa shape index (κ2) is 9.73. The molecule has 2 rings (SSSR count). The van der Waals surface area contributed by atoms with E-state index >= 15 is 0 Å². The molecule has 4 heteroatoms. The van der Waals surface area contributed by atoms with Crippen LogP contribution in [0.1, 0.15) is 11.1 Å². The smallest absolute Gasteiger partial charge is 0.178 e. The molecule has 0 spiro atoms. The van der Waals surface area contributed by atoms with Crippen LogP contribution in [0.2, 0.25) is 0 Å². The first-order valence-corrected chi connectivity index (χ1v) is 8.66. The van der Waals surface area contributed by atoms with Gasteiger partial charge in [0.2, 0.25) is 0 Å². The summed E-state index contributed by atoms with van der Waals surface area (Å²) in [6.07, 6.45) is 6.67. The molecule has 0 saturated heterocycles. The first kappa shape index (κ1) is 18.0. The molecule has 0 radical (unpaired) electrons. The average molecular weight is 387 g/mol. The second-order valence-corrected chi connectivity index (χ2v) is 5.74. The van der Waals surface area contributed by atoms with Crippen LogP contribution in [0, 0.1) is 0 Å². The highest BCUT2D eigenvalue weighted by Gasteiger charge is 1.95. The van der Waals surface area contributed by atoms with E-state index in [2.05, 4.69) is 15.9 Å². The highest BCUT2D eigenvalue weighted by atomic mass is 79.9. The minimum absolute atomic E-state index is 0.0644. The van der Waals surface area contributed by atoms with Gasteiger partial charge in [0.1, 0.15) is 11.5 Å². The van der Waals surface area contributed by atoms with E-state index in [1.807, 2.05) is 48.5 Å². The maximum absolute atomic E-state index is 11.9. The molecule has 0 fully saturated rings. The SMILES string of the molecule is COc1ccc(/C=C/C(=O)/C=C/c2ccc(OCCBr)cc2)cc1. The van der Waals surface area contributed by atoms with E-state index in [-0.39, 0.29) is 5.78 Å². The summed E-state index contributed by atoms with van der Waals surface area (Å²) in [4.78, 5) is 11.9. The van der Waals surface area contributed by atoms with Crippen LogP contribution in [0.15, 0.2) is 60.7 Å². The van der Waals surface area contributed by atoms with Crippen molar-refractivity contribution in [3.63, 3.8) is 0 Å². The number of ether oxygens (including phenoxy) is 2. The van der Waals surface area contributed by atoms with Crippen molar-refractivity contribution in [2.45, 2.75) is 0 Å². The molecule has 0 N–H and O–H groups in total. The molecule has 0 saturated carbocycles. The number of ketones is 1. The molecule has 2 aromatic rings. The highest BCUT2D eigenvalue weighted by molar-refractivity contribution is 9.09. The molecule has 0 aliphatic heterocycles. The lowest BCUT2D eigenvalue weighted by molar-refractivity contribution is -0.110. The Balaban J connectivity index is 1.90. The maximum Gasteiger partial charge on any atom is 0.178 e.